The summed E-state index contributed by atoms with van der Waals surface area (Å²) in [5.74, 6) is -0.803. The summed E-state index contributed by atoms with van der Waals surface area (Å²) >= 11 is 0. The summed E-state index contributed by atoms with van der Waals surface area (Å²) in [6, 6.07) is 4.65. The van der Waals surface area contributed by atoms with Crippen molar-refractivity contribution in [2.75, 3.05) is 19.7 Å². The number of carbonyl (C=O) groups is 4. The number of amides is 4. The van der Waals surface area contributed by atoms with E-state index in [9.17, 15) is 19.2 Å². The van der Waals surface area contributed by atoms with Crippen LogP contribution >= 0.6 is 0 Å². The highest BCUT2D eigenvalue weighted by Gasteiger charge is 2.40. The van der Waals surface area contributed by atoms with Crippen LogP contribution in [-0.2, 0) is 4.74 Å². The third-order valence-electron chi connectivity index (χ3n) is 6.48. The molecule has 0 spiro atoms. The second kappa shape index (κ2) is 9.08. The van der Waals surface area contributed by atoms with Crippen molar-refractivity contribution < 1.29 is 23.9 Å². The number of rotatable bonds is 4. The van der Waals surface area contributed by atoms with Crippen LogP contribution in [0.2, 0.25) is 0 Å². The van der Waals surface area contributed by atoms with Crippen LogP contribution in [0.1, 0.15) is 82.9 Å². The number of nitrogens with one attached hydrogen (secondary N) is 1. The summed E-state index contributed by atoms with van der Waals surface area (Å²) in [6.45, 7) is 3.16. The molecule has 0 atom stereocenters. The van der Waals surface area contributed by atoms with E-state index in [0.29, 0.717) is 49.2 Å². The molecule has 0 bridgehead atoms. The van der Waals surface area contributed by atoms with Crippen LogP contribution in [-0.4, -0.2) is 65.4 Å². The van der Waals surface area contributed by atoms with Crippen molar-refractivity contribution in [3.05, 3.63) is 34.9 Å². The van der Waals surface area contributed by atoms with Gasteiger partial charge in [-0.15, -0.1) is 0 Å². The Morgan fingerprint density at radius 2 is 1.68 bits per heavy atom. The minimum Gasteiger partial charge on any atom is -0.450 e. The fraction of sp³-hybridized carbons (Fsp3) is 0.565. The first-order valence-corrected chi connectivity index (χ1v) is 11.2. The van der Waals surface area contributed by atoms with Crippen molar-refractivity contribution in [1.29, 1.82) is 0 Å². The van der Waals surface area contributed by atoms with Crippen molar-refractivity contribution in [3.63, 3.8) is 0 Å². The minimum atomic E-state index is -0.323. The lowest BCUT2D eigenvalue weighted by Gasteiger charge is -2.31. The van der Waals surface area contributed by atoms with E-state index in [1.807, 2.05) is 0 Å². The number of imide groups is 1. The Morgan fingerprint density at radius 1 is 1.00 bits per heavy atom. The number of carbonyl (C=O) groups excluding carboxylic acids is 4. The predicted octanol–water partition coefficient (Wildman–Crippen LogP) is 2.97. The van der Waals surface area contributed by atoms with Gasteiger partial charge in [0, 0.05) is 30.7 Å². The van der Waals surface area contributed by atoms with Gasteiger partial charge in [-0.2, -0.15) is 0 Å². The second-order valence-corrected chi connectivity index (χ2v) is 8.47. The molecule has 1 aromatic rings. The van der Waals surface area contributed by atoms with Gasteiger partial charge in [0.05, 0.1) is 17.7 Å². The van der Waals surface area contributed by atoms with Crippen LogP contribution < -0.4 is 5.32 Å². The molecule has 2 aliphatic heterocycles. The van der Waals surface area contributed by atoms with Gasteiger partial charge in [-0.1, -0.05) is 19.3 Å². The number of likely N-dealkylation sites (tertiary alicyclic amines) is 1. The Morgan fingerprint density at radius 3 is 2.35 bits per heavy atom. The third-order valence-corrected chi connectivity index (χ3v) is 6.48. The molecule has 1 saturated carbocycles. The number of ether oxygens (including phenoxy) is 1. The Bertz CT molecular complexity index is 885. The van der Waals surface area contributed by atoms with Crippen LogP contribution in [0.15, 0.2) is 18.2 Å². The third kappa shape index (κ3) is 4.29. The van der Waals surface area contributed by atoms with Gasteiger partial charge in [0.1, 0.15) is 0 Å². The van der Waals surface area contributed by atoms with Crippen LogP contribution in [0, 0.1) is 0 Å². The van der Waals surface area contributed by atoms with Gasteiger partial charge < -0.3 is 15.0 Å². The average molecular weight is 428 g/mol. The molecule has 0 aromatic heterocycles. The Hall–Kier alpha value is -2.90. The van der Waals surface area contributed by atoms with E-state index in [2.05, 4.69) is 5.32 Å². The highest BCUT2D eigenvalue weighted by Crippen LogP contribution is 2.31. The highest BCUT2D eigenvalue weighted by atomic mass is 16.6. The van der Waals surface area contributed by atoms with Crippen molar-refractivity contribution in [2.45, 2.75) is 64.0 Å². The Balaban J connectivity index is 1.39. The standard InChI is InChI=1S/C23H29N3O5/c1-2-31-23(30)25-12-10-16(11-13-25)24-20(27)15-8-9-18-19(14-15)22(29)26(21(18)28)17-6-4-3-5-7-17/h8-9,14,16-17H,2-7,10-13H2,1H3,(H,24,27). The van der Waals surface area contributed by atoms with E-state index in [4.69, 9.17) is 4.74 Å². The van der Waals surface area contributed by atoms with Crippen molar-refractivity contribution in [2.24, 2.45) is 0 Å². The lowest BCUT2D eigenvalue weighted by Crippen LogP contribution is -2.46. The zero-order chi connectivity index (χ0) is 22.0. The molecular weight excluding hydrogens is 398 g/mol. The van der Waals surface area contributed by atoms with Gasteiger partial charge in [0.15, 0.2) is 0 Å². The number of hydrogen-bond acceptors (Lipinski definition) is 5. The van der Waals surface area contributed by atoms with Crippen LogP contribution in [0.3, 0.4) is 0 Å². The van der Waals surface area contributed by atoms with Gasteiger partial charge in [0.25, 0.3) is 17.7 Å². The highest BCUT2D eigenvalue weighted by molar-refractivity contribution is 6.22. The monoisotopic (exact) mass is 427 g/mol. The van der Waals surface area contributed by atoms with E-state index in [1.165, 1.54) is 4.90 Å². The van der Waals surface area contributed by atoms with Gasteiger partial charge >= 0.3 is 6.09 Å². The fourth-order valence-electron chi connectivity index (χ4n) is 4.76. The maximum Gasteiger partial charge on any atom is 0.409 e. The van der Waals surface area contributed by atoms with Gasteiger partial charge in [-0.3, -0.25) is 19.3 Å². The summed E-state index contributed by atoms with van der Waals surface area (Å²) in [7, 11) is 0. The number of fused-ring (bicyclic) bond motifs is 1. The molecule has 4 amide bonds. The normalized spacial score (nSPS) is 20.0. The molecule has 0 unspecified atom stereocenters. The largest absolute Gasteiger partial charge is 0.450 e. The molecular formula is C23H29N3O5. The van der Waals surface area contributed by atoms with Gasteiger partial charge in [0.2, 0.25) is 0 Å². The van der Waals surface area contributed by atoms with Crippen LogP contribution in [0.25, 0.3) is 0 Å². The maximum absolute atomic E-state index is 12.9. The summed E-state index contributed by atoms with van der Waals surface area (Å²) in [4.78, 5) is 53.4. The second-order valence-electron chi connectivity index (χ2n) is 8.47. The number of hydrogen-bond donors (Lipinski definition) is 1. The van der Waals surface area contributed by atoms with E-state index in [0.717, 1.165) is 32.1 Å². The van der Waals surface area contributed by atoms with Crippen molar-refractivity contribution in [3.8, 4) is 0 Å². The fourth-order valence-corrected chi connectivity index (χ4v) is 4.76. The summed E-state index contributed by atoms with van der Waals surface area (Å²) < 4.78 is 5.02. The zero-order valence-corrected chi connectivity index (χ0v) is 17.9. The minimum absolute atomic E-state index is 0.0389. The summed E-state index contributed by atoms with van der Waals surface area (Å²) in [5, 5.41) is 2.99. The molecule has 8 heteroatoms. The molecule has 2 fully saturated rings. The molecule has 1 aliphatic carbocycles. The Labute approximate surface area is 181 Å². The molecule has 31 heavy (non-hydrogen) atoms. The molecule has 3 aliphatic rings. The molecule has 2 heterocycles. The van der Waals surface area contributed by atoms with Gasteiger partial charge in [-0.25, -0.2) is 4.79 Å². The first kappa shape index (κ1) is 21.3. The molecule has 166 valence electrons. The lowest BCUT2D eigenvalue weighted by molar-refractivity contribution is 0.0548. The molecule has 8 nitrogen and oxygen atoms in total. The van der Waals surface area contributed by atoms with E-state index in [1.54, 1.807) is 30.0 Å². The molecule has 4 rings (SSSR count). The lowest BCUT2D eigenvalue weighted by atomic mass is 9.94. The number of piperidine rings is 1. The topological polar surface area (TPSA) is 96.0 Å². The summed E-state index contributed by atoms with van der Waals surface area (Å²) in [5.41, 5.74) is 1.08. The molecule has 1 saturated heterocycles. The molecule has 0 radical (unpaired) electrons. The predicted molar refractivity (Wildman–Crippen MR) is 113 cm³/mol. The van der Waals surface area contributed by atoms with Crippen molar-refractivity contribution >= 4 is 23.8 Å². The van der Waals surface area contributed by atoms with Crippen LogP contribution in [0.5, 0.6) is 0 Å². The SMILES string of the molecule is CCOC(=O)N1CCC(NC(=O)c2ccc3c(c2)C(=O)N(C2CCCCC2)C3=O)CC1. The number of benzene rings is 1. The quantitative estimate of drug-likeness (QED) is 0.746. The first-order chi connectivity index (χ1) is 15.0. The smallest absolute Gasteiger partial charge is 0.409 e. The van der Waals surface area contributed by atoms with E-state index >= 15 is 0 Å². The average Bonchev–Trinajstić information content (AvgIpc) is 3.04. The van der Waals surface area contributed by atoms with E-state index < -0.39 is 0 Å². The number of nitrogens with zero attached hydrogens (tertiary/aromatic N) is 2. The van der Waals surface area contributed by atoms with Crippen LogP contribution in [0.4, 0.5) is 4.79 Å². The van der Waals surface area contributed by atoms with Gasteiger partial charge in [-0.05, 0) is 50.8 Å². The van der Waals surface area contributed by atoms with E-state index in [-0.39, 0.29) is 35.9 Å². The first-order valence-electron chi connectivity index (χ1n) is 11.2. The maximum atomic E-state index is 12.9. The Kier molecular flexibility index (Phi) is 6.25. The molecule has 1 N–H and O–H groups in total. The van der Waals surface area contributed by atoms with Crippen molar-refractivity contribution in [1.82, 2.24) is 15.1 Å². The molecule has 1 aromatic carbocycles. The summed E-state index contributed by atoms with van der Waals surface area (Å²) in [6.07, 6.45) is 5.86. The zero-order valence-electron chi connectivity index (χ0n) is 17.9.